The molecule has 8 heteroatoms. The molecule has 1 saturated heterocycles. The van der Waals surface area contributed by atoms with Crippen LogP contribution < -0.4 is 15.4 Å². The number of aryl methyl sites for hydroxylation is 1. The Morgan fingerprint density at radius 3 is 2.70 bits per heavy atom. The van der Waals surface area contributed by atoms with E-state index < -0.39 is 6.09 Å². The first-order chi connectivity index (χ1) is 14.5. The normalized spacial score (nSPS) is 15.3. The maximum Gasteiger partial charge on any atom is 0.410 e. The number of imidazole rings is 1. The van der Waals surface area contributed by atoms with Crippen molar-refractivity contribution in [3.63, 3.8) is 0 Å². The van der Waals surface area contributed by atoms with Gasteiger partial charge in [-0.2, -0.15) is 0 Å². The van der Waals surface area contributed by atoms with E-state index in [0.717, 1.165) is 62.1 Å². The molecule has 2 heterocycles. The SMILES string of the molecule is Cn1c(N2CCCN(CCc3ccc(Cl)cc3)CC2)nc2c(OC(N)=O)cccc21. The number of rotatable bonds is 5. The summed E-state index contributed by atoms with van der Waals surface area (Å²) in [6.07, 6.45) is 1.24. The summed E-state index contributed by atoms with van der Waals surface area (Å²) in [5.41, 5.74) is 8.06. The van der Waals surface area contributed by atoms with E-state index in [9.17, 15) is 4.79 Å². The van der Waals surface area contributed by atoms with Crippen molar-refractivity contribution in [3.8, 4) is 5.75 Å². The van der Waals surface area contributed by atoms with E-state index in [1.807, 2.05) is 35.9 Å². The van der Waals surface area contributed by atoms with Gasteiger partial charge in [0.25, 0.3) is 0 Å². The summed E-state index contributed by atoms with van der Waals surface area (Å²) >= 11 is 5.98. The lowest BCUT2D eigenvalue weighted by atomic mass is 10.1. The number of primary amides is 1. The monoisotopic (exact) mass is 427 g/mol. The quantitative estimate of drug-likeness (QED) is 0.675. The highest BCUT2D eigenvalue weighted by Crippen LogP contribution is 2.29. The molecule has 0 radical (unpaired) electrons. The molecule has 7 nitrogen and oxygen atoms in total. The van der Waals surface area contributed by atoms with E-state index in [-0.39, 0.29) is 0 Å². The van der Waals surface area contributed by atoms with E-state index in [1.54, 1.807) is 6.07 Å². The summed E-state index contributed by atoms with van der Waals surface area (Å²) in [5, 5.41) is 0.774. The highest BCUT2D eigenvalue weighted by molar-refractivity contribution is 6.30. The van der Waals surface area contributed by atoms with Crippen LogP contribution in [-0.2, 0) is 13.5 Å². The summed E-state index contributed by atoms with van der Waals surface area (Å²) < 4.78 is 7.18. The summed E-state index contributed by atoms with van der Waals surface area (Å²) in [6.45, 7) is 4.88. The molecule has 1 fully saturated rings. The highest BCUT2D eigenvalue weighted by Gasteiger charge is 2.21. The number of nitrogens with two attached hydrogens (primary N) is 1. The second kappa shape index (κ2) is 8.93. The van der Waals surface area contributed by atoms with Gasteiger partial charge in [-0.1, -0.05) is 29.8 Å². The Kier molecular flexibility index (Phi) is 6.11. The van der Waals surface area contributed by atoms with Crippen LogP contribution in [0.5, 0.6) is 5.75 Å². The molecule has 3 aromatic rings. The number of fused-ring (bicyclic) bond motifs is 1. The van der Waals surface area contributed by atoms with Crippen molar-refractivity contribution in [1.82, 2.24) is 14.5 Å². The first-order valence-corrected chi connectivity index (χ1v) is 10.5. The molecule has 0 atom stereocenters. The lowest BCUT2D eigenvalue weighted by Crippen LogP contribution is -2.33. The average Bonchev–Trinajstić information content (AvgIpc) is 2.91. The zero-order valence-electron chi connectivity index (χ0n) is 17.1. The molecule has 1 aromatic heterocycles. The Labute approximate surface area is 181 Å². The van der Waals surface area contributed by atoms with Gasteiger partial charge in [0.05, 0.1) is 5.52 Å². The van der Waals surface area contributed by atoms with E-state index in [2.05, 4.69) is 21.9 Å². The number of halogens is 1. The number of hydrogen-bond donors (Lipinski definition) is 1. The van der Waals surface area contributed by atoms with Crippen LogP contribution in [0.2, 0.25) is 5.02 Å². The lowest BCUT2D eigenvalue weighted by molar-refractivity contribution is 0.211. The Balaban J connectivity index is 1.45. The Bertz CT molecular complexity index is 1030. The number of nitrogens with zero attached hydrogens (tertiary/aromatic N) is 4. The van der Waals surface area contributed by atoms with Crippen LogP contribution in [0.25, 0.3) is 11.0 Å². The van der Waals surface area contributed by atoms with Crippen molar-refractivity contribution < 1.29 is 9.53 Å². The molecule has 0 aliphatic carbocycles. The lowest BCUT2D eigenvalue weighted by Gasteiger charge is -2.22. The van der Waals surface area contributed by atoms with Gasteiger partial charge in [0.2, 0.25) is 5.95 Å². The largest absolute Gasteiger partial charge is 0.410 e. The Morgan fingerprint density at radius 1 is 1.13 bits per heavy atom. The molecule has 0 saturated carbocycles. The standard InChI is InChI=1S/C22H26ClN5O2/c1-26-18-4-2-5-19(30-21(24)29)20(18)25-22(26)28-12-3-11-27(14-15-28)13-10-16-6-8-17(23)9-7-16/h2,4-9H,3,10-15H2,1H3,(H2,24,29). The zero-order chi connectivity index (χ0) is 21.1. The second-order valence-electron chi connectivity index (χ2n) is 7.57. The number of hydrogen-bond acceptors (Lipinski definition) is 5. The molecule has 0 spiro atoms. The number of para-hydroxylation sites is 1. The van der Waals surface area contributed by atoms with Crippen LogP contribution in [0.15, 0.2) is 42.5 Å². The third-order valence-corrected chi connectivity index (χ3v) is 5.81. The minimum atomic E-state index is -0.833. The fourth-order valence-corrected chi connectivity index (χ4v) is 4.11. The maximum atomic E-state index is 11.2. The molecule has 2 aromatic carbocycles. The second-order valence-corrected chi connectivity index (χ2v) is 8.01. The summed E-state index contributed by atoms with van der Waals surface area (Å²) in [4.78, 5) is 20.8. The number of anilines is 1. The molecule has 4 rings (SSSR count). The number of amides is 1. The third-order valence-electron chi connectivity index (χ3n) is 5.56. The van der Waals surface area contributed by atoms with Gasteiger partial charge in [0, 0.05) is 38.2 Å². The minimum absolute atomic E-state index is 0.390. The first-order valence-electron chi connectivity index (χ1n) is 10.2. The van der Waals surface area contributed by atoms with Crippen molar-refractivity contribution in [3.05, 3.63) is 53.1 Å². The van der Waals surface area contributed by atoms with Gasteiger partial charge in [0.15, 0.2) is 5.75 Å². The average molecular weight is 428 g/mol. The van der Waals surface area contributed by atoms with Crippen molar-refractivity contribution in [2.75, 3.05) is 37.6 Å². The summed E-state index contributed by atoms with van der Waals surface area (Å²) in [7, 11) is 1.99. The maximum absolute atomic E-state index is 11.2. The van der Waals surface area contributed by atoms with E-state index in [1.165, 1.54) is 5.56 Å². The van der Waals surface area contributed by atoms with Gasteiger partial charge in [-0.15, -0.1) is 0 Å². The smallest absolute Gasteiger partial charge is 0.408 e. The highest BCUT2D eigenvalue weighted by atomic mass is 35.5. The van der Waals surface area contributed by atoms with Crippen LogP contribution in [0.1, 0.15) is 12.0 Å². The molecule has 1 amide bonds. The Hall–Kier alpha value is -2.77. The number of benzene rings is 2. The van der Waals surface area contributed by atoms with Gasteiger partial charge in [0.1, 0.15) is 5.52 Å². The molecular formula is C22H26ClN5O2. The fourth-order valence-electron chi connectivity index (χ4n) is 3.98. The molecule has 0 unspecified atom stereocenters. The zero-order valence-corrected chi connectivity index (χ0v) is 17.8. The fraction of sp³-hybridized carbons (Fsp3) is 0.364. The van der Waals surface area contributed by atoms with Gasteiger partial charge in [-0.05, 0) is 49.2 Å². The van der Waals surface area contributed by atoms with Gasteiger partial charge in [-0.3, -0.25) is 0 Å². The van der Waals surface area contributed by atoms with Crippen molar-refractivity contribution in [2.45, 2.75) is 12.8 Å². The third kappa shape index (κ3) is 4.52. The van der Waals surface area contributed by atoms with Crippen LogP contribution >= 0.6 is 11.6 Å². The van der Waals surface area contributed by atoms with Gasteiger partial charge >= 0.3 is 6.09 Å². The minimum Gasteiger partial charge on any atom is -0.408 e. The van der Waals surface area contributed by atoms with E-state index in [0.29, 0.717) is 11.3 Å². The Morgan fingerprint density at radius 2 is 1.93 bits per heavy atom. The molecule has 158 valence electrons. The molecule has 0 bridgehead atoms. The van der Waals surface area contributed by atoms with Crippen LogP contribution in [0.4, 0.5) is 10.7 Å². The summed E-state index contributed by atoms with van der Waals surface area (Å²) in [6, 6.07) is 13.6. The molecular weight excluding hydrogens is 402 g/mol. The van der Waals surface area contributed by atoms with Crippen LogP contribution in [0, 0.1) is 0 Å². The van der Waals surface area contributed by atoms with Gasteiger partial charge < -0.3 is 24.8 Å². The number of ether oxygens (including phenoxy) is 1. The van der Waals surface area contributed by atoms with Gasteiger partial charge in [-0.25, -0.2) is 9.78 Å². The number of carbonyl (C=O) groups excluding carboxylic acids is 1. The van der Waals surface area contributed by atoms with Crippen molar-refractivity contribution >= 4 is 34.7 Å². The predicted molar refractivity (Wildman–Crippen MR) is 119 cm³/mol. The summed E-state index contributed by atoms with van der Waals surface area (Å²) in [5.74, 6) is 1.27. The molecule has 30 heavy (non-hydrogen) atoms. The topological polar surface area (TPSA) is 76.6 Å². The predicted octanol–water partition coefficient (Wildman–Crippen LogP) is 3.44. The van der Waals surface area contributed by atoms with E-state index in [4.69, 9.17) is 27.1 Å². The molecule has 1 aliphatic heterocycles. The van der Waals surface area contributed by atoms with Crippen molar-refractivity contribution in [1.29, 1.82) is 0 Å². The van der Waals surface area contributed by atoms with E-state index >= 15 is 0 Å². The van der Waals surface area contributed by atoms with Crippen LogP contribution in [-0.4, -0.2) is 53.3 Å². The van der Waals surface area contributed by atoms with Crippen LogP contribution in [0.3, 0.4) is 0 Å². The number of carbonyl (C=O) groups is 1. The molecule has 1 aliphatic rings. The van der Waals surface area contributed by atoms with Crippen molar-refractivity contribution in [2.24, 2.45) is 12.8 Å². The number of aromatic nitrogens is 2. The first kappa shape index (κ1) is 20.5. The molecule has 2 N–H and O–H groups in total.